The van der Waals surface area contributed by atoms with Crippen molar-refractivity contribution in [3.63, 3.8) is 0 Å². The number of ether oxygens (including phenoxy) is 1. The first-order valence-electron chi connectivity index (χ1n) is 8.30. The van der Waals surface area contributed by atoms with Crippen LogP contribution < -0.4 is 4.74 Å². The van der Waals surface area contributed by atoms with E-state index in [4.69, 9.17) is 4.74 Å². The summed E-state index contributed by atoms with van der Waals surface area (Å²) in [7, 11) is 1.53. The SMILES string of the molecule is COc1ccc2nc(-c3c(F)ccc(F)c3F)n(Cc3ccccc3)c2c1. The number of imidazole rings is 1. The molecule has 6 heteroatoms. The predicted octanol–water partition coefficient (Wildman–Crippen LogP) is 5.18. The van der Waals surface area contributed by atoms with Crippen LogP contribution in [0.25, 0.3) is 22.4 Å². The van der Waals surface area contributed by atoms with E-state index < -0.39 is 23.0 Å². The van der Waals surface area contributed by atoms with Crippen molar-refractivity contribution >= 4 is 11.0 Å². The van der Waals surface area contributed by atoms with Crippen LogP contribution >= 0.6 is 0 Å². The Morgan fingerprint density at radius 3 is 2.41 bits per heavy atom. The molecule has 0 saturated carbocycles. The molecule has 0 fully saturated rings. The number of hydrogen-bond acceptors (Lipinski definition) is 2. The Balaban J connectivity index is 2.00. The lowest BCUT2D eigenvalue weighted by Gasteiger charge is -2.11. The van der Waals surface area contributed by atoms with E-state index in [1.54, 1.807) is 22.8 Å². The second-order valence-corrected chi connectivity index (χ2v) is 6.08. The van der Waals surface area contributed by atoms with Gasteiger partial charge >= 0.3 is 0 Å². The van der Waals surface area contributed by atoms with E-state index in [-0.39, 0.29) is 5.82 Å². The van der Waals surface area contributed by atoms with E-state index in [9.17, 15) is 13.2 Å². The quantitative estimate of drug-likeness (QED) is 0.464. The van der Waals surface area contributed by atoms with Gasteiger partial charge in [-0.3, -0.25) is 0 Å². The lowest BCUT2D eigenvalue weighted by molar-refractivity contribution is 0.415. The minimum Gasteiger partial charge on any atom is -0.497 e. The van der Waals surface area contributed by atoms with E-state index in [1.807, 2.05) is 30.3 Å². The van der Waals surface area contributed by atoms with Crippen LogP contribution in [0.2, 0.25) is 0 Å². The molecule has 0 aliphatic heterocycles. The third-order valence-corrected chi connectivity index (χ3v) is 4.41. The Labute approximate surface area is 153 Å². The van der Waals surface area contributed by atoms with E-state index in [2.05, 4.69) is 4.98 Å². The van der Waals surface area contributed by atoms with Crippen molar-refractivity contribution in [3.05, 3.63) is 83.7 Å². The molecule has 0 atom stereocenters. The Hall–Kier alpha value is -3.28. The van der Waals surface area contributed by atoms with Crippen molar-refractivity contribution in [1.82, 2.24) is 9.55 Å². The molecule has 27 heavy (non-hydrogen) atoms. The highest BCUT2D eigenvalue weighted by Crippen LogP contribution is 2.32. The Kier molecular flexibility index (Phi) is 4.32. The minimum atomic E-state index is -1.26. The first-order valence-corrected chi connectivity index (χ1v) is 8.30. The molecule has 0 N–H and O–H groups in total. The smallest absolute Gasteiger partial charge is 0.172 e. The van der Waals surface area contributed by atoms with Gasteiger partial charge in [-0.05, 0) is 29.8 Å². The van der Waals surface area contributed by atoms with Gasteiger partial charge in [0.05, 0.1) is 23.7 Å². The first kappa shape index (κ1) is 17.1. The number of rotatable bonds is 4. The highest BCUT2D eigenvalue weighted by molar-refractivity contribution is 5.82. The summed E-state index contributed by atoms with van der Waals surface area (Å²) in [6, 6.07) is 16.2. The topological polar surface area (TPSA) is 27.1 Å². The molecule has 0 unspecified atom stereocenters. The van der Waals surface area contributed by atoms with Crippen molar-refractivity contribution in [2.45, 2.75) is 6.54 Å². The summed E-state index contributed by atoms with van der Waals surface area (Å²) in [5.74, 6) is -2.64. The van der Waals surface area contributed by atoms with Crippen molar-refractivity contribution in [3.8, 4) is 17.1 Å². The fourth-order valence-electron chi connectivity index (χ4n) is 3.08. The zero-order valence-electron chi connectivity index (χ0n) is 14.4. The zero-order chi connectivity index (χ0) is 19.0. The molecular formula is C21H15F3N2O. The van der Waals surface area contributed by atoms with Gasteiger partial charge in [0.15, 0.2) is 11.6 Å². The summed E-state index contributed by atoms with van der Waals surface area (Å²) in [4.78, 5) is 4.38. The van der Waals surface area contributed by atoms with E-state index in [1.165, 1.54) is 7.11 Å². The summed E-state index contributed by atoms with van der Waals surface area (Å²) < 4.78 is 49.6. The maximum atomic E-state index is 14.4. The van der Waals surface area contributed by atoms with Crippen LogP contribution in [0.4, 0.5) is 13.2 Å². The van der Waals surface area contributed by atoms with Gasteiger partial charge in [-0.15, -0.1) is 0 Å². The molecule has 0 spiro atoms. The van der Waals surface area contributed by atoms with Crippen LogP contribution in [0.3, 0.4) is 0 Å². The Morgan fingerprint density at radius 1 is 0.926 bits per heavy atom. The standard InChI is InChI=1S/C21H15F3N2O/c1-27-14-7-10-17-18(11-14)26(12-13-5-3-2-4-6-13)21(25-17)19-15(22)8-9-16(23)20(19)24/h2-11H,12H2,1H3. The number of fused-ring (bicyclic) bond motifs is 1. The second-order valence-electron chi connectivity index (χ2n) is 6.08. The average molecular weight is 368 g/mol. The average Bonchev–Trinajstić information content (AvgIpc) is 3.03. The normalized spacial score (nSPS) is 11.1. The third-order valence-electron chi connectivity index (χ3n) is 4.41. The fraction of sp³-hybridized carbons (Fsp3) is 0.0952. The molecule has 3 aromatic carbocycles. The highest BCUT2D eigenvalue weighted by Gasteiger charge is 2.22. The number of halogens is 3. The largest absolute Gasteiger partial charge is 0.497 e. The summed E-state index contributed by atoms with van der Waals surface area (Å²) in [5.41, 5.74) is 1.60. The molecule has 4 aromatic rings. The summed E-state index contributed by atoms with van der Waals surface area (Å²) >= 11 is 0. The molecule has 0 aliphatic rings. The maximum Gasteiger partial charge on any atom is 0.172 e. The molecule has 1 aromatic heterocycles. The van der Waals surface area contributed by atoms with Crippen LogP contribution in [0.15, 0.2) is 60.7 Å². The predicted molar refractivity (Wildman–Crippen MR) is 97.1 cm³/mol. The second kappa shape index (κ2) is 6.79. The van der Waals surface area contributed by atoms with E-state index in [0.717, 1.165) is 17.7 Å². The Bertz CT molecular complexity index is 1120. The van der Waals surface area contributed by atoms with Gasteiger partial charge in [-0.1, -0.05) is 30.3 Å². The molecule has 0 saturated heterocycles. The molecule has 0 radical (unpaired) electrons. The van der Waals surface area contributed by atoms with Gasteiger partial charge in [-0.25, -0.2) is 18.2 Å². The van der Waals surface area contributed by atoms with E-state index in [0.29, 0.717) is 23.3 Å². The van der Waals surface area contributed by atoms with E-state index >= 15 is 0 Å². The van der Waals surface area contributed by atoms with Crippen molar-refractivity contribution in [2.75, 3.05) is 7.11 Å². The third kappa shape index (κ3) is 3.03. The van der Waals surface area contributed by atoms with Crippen molar-refractivity contribution in [2.24, 2.45) is 0 Å². The Morgan fingerprint density at radius 2 is 1.67 bits per heavy atom. The van der Waals surface area contributed by atoms with Gasteiger partial charge in [0, 0.05) is 12.6 Å². The molecule has 4 rings (SSSR count). The van der Waals surface area contributed by atoms with Gasteiger partial charge in [0.1, 0.15) is 17.4 Å². The lowest BCUT2D eigenvalue weighted by Crippen LogP contribution is -2.05. The van der Waals surface area contributed by atoms with Crippen LogP contribution in [0.5, 0.6) is 5.75 Å². The van der Waals surface area contributed by atoms with Crippen LogP contribution in [0, 0.1) is 17.5 Å². The zero-order valence-corrected chi connectivity index (χ0v) is 14.4. The van der Waals surface area contributed by atoms with Gasteiger partial charge in [-0.2, -0.15) is 0 Å². The minimum absolute atomic E-state index is 0.0246. The number of methoxy groups -OCH3 is 1. The lowest BCUT2D eigenvalue weighted by atomic mass is 10.1. The molecular weight excluding hydrogens is 353 g/mol. The molecule has 0 amide bonds. The molecule has 0 bridgehead atoms. The highest BCUT2D eigenvalue weighted by atomic mass is 19.2. The summed E-state index contributed by atoms with van der Waals surface area (Å²) in [6.07, 6.45) is 0. The van der Waals surface area contributed by atoms with Crippen LogP contribution in [-0.2, 0) is 6.54 Å². The van der Waals surface area contributed by atoms with Crippen molar-refractivity contribution < 1.29 is 17.9 Å². The monoisotopic (exact) mass is 368 g/mol. The van der Waals surface area contributed by atoms with Gasteiger partial charge in [0.2, 0.25) is 0 Å². The first-order chi connectivity index (χ1) is 13.1. The fourth-order valence-corrected chi connectivity index (χ4v) is 3.08. The number of benzene rings is 3. The number of aromatic nitrogens is 2. The van der Waals surface area contributed by atoms with Gasteiger partial charge < -0.3 is 9.30 Å². The molecule has 0 aliphatic carbocycles. The number of hydrogen-bond donors (Lipinski definition) is 0. The van der Waals surface area contributed by atoms with Crippen LogP contribution in [0.1, 0.15) is 5.56 Å². The summed E-state index contributed by atoms with van der Waals surface area (Å²) in [6.45, 7) is 0.315. The van der Waals surface area contributed by atoms with Gasteiger partial charge in [0.25, 0.3) is 0 Å². The molecule has 3 nitrogen and oxygen atoms in total. The maximum absolute atomic E-state index is 14.4. The summed E-state index contributed by atoms with van der Waals surface area (Å²) in [5, 5.41) is 0. The molecule has 1 heterocycles. The van der Waals surface area contributed by atoms with Crippen LogP contribution in [-0.4, -0.2) is 16.7 Å². The van der Waals surface area contributed by atoms with Crippen molar-refractivity contribution in [1.29, 1.82) is 0 Å². The molecule has 136 valence electrons. The number of nitrogens with zero attached hydrogens (tertiary/aromatic N) is 2.